The Morgan fingerprint density at radius 3 is 2.72 bits per heavy atom. The molecule has 0 aliphatic heterocycles. The molecule has 25 heavy (non-hydrogen) atoms. The van der Waals surface area contributed by atoms with Gasteiger partial charge in [0.1, 0.15) is 6.61 Å². The quantitative estimate of drug-likeness (QED) is 0.604. The Hall–Kier alpha value is -3.28. The summed E-state index contributed by atoms with van der Waals surface area (Å²) in [5.74, 6) is 0. The topological polar surface area (TPSA) is 87.0 Å². The number of ether oxygens (including phenoxy) is 1. The maximum absolute atomic E-state index is 11.6. The van der Waals surface area contributed by atoms with Crippen LogP contribution >= 0.6 is 0 Å². The maximum Gasteiger partial charge on any atom is 0.407 e. The molecular weight excluding hydrogens is 318 g/mol. The Bertz CT molecular complexity index is 926. The average Bonchev–Trinajstić information content (AvgIpc) is 3.00. The molecule has 128 valence electrons. The fraction of sp³-hybridized carbons (Fsp3) is 0.158. The van der Waals surface area contributed by atoms with E-state index in [0.717, 1.165) is 22.2 Å². The van der Waals surface area contributed by atoms with Crippen LogP contribution in [-0.2, 0) is 11.3 Å². The predicted octanol–water partition coefficient (Wildman–Crippen LogP) is 3.19. The average molecular weight is 337 g/mol. The summed E-state index contributed by atoms with van der Waals surface area (Å²) in [4.78, 5) is 28.3. The van der Waals surface area contributed by atoms with Gasteiger partial charge in [-0.3, -0.25) is 0 Å². The molecule has 0 spiro atoms. The van der Waals surface area contributed by atoms with E-state index in [1.54, 1.807) is 0 Å². The van der Waals surface area contributed by atoms with Gasteiger partial charge in [-0.1, -0.05) is 48.6 Å². The fourth-order valence-electron chi connectivity index (χ4n) is 2.40. The van der Waals surface area contributed by atoms with E-state index in [9.17, 15) is 9.59 Å². The van der Waals surface area contributed by atoms with Gasteiger partial charge in [-0.25, -0.2) is 9.59 Å². The number of aromatic nitrogens is 2. The van der Waals surface area contributed by atoms with Crippen LogP contribution in [0.5, 0.6) is 0 Å². The lowest BCUT2D eigenvalue weighted by Gasteiger charge is -2.05. The third-order valence-electron chi connectivity index (χ3n) is 3.64. The van der Waals surface area contributed by atoms with Gasteiger partial charge in [0.2, 0.25) is 0 Å². The maximum atomic E-state index is 11.6. The van der Waals surface area contributed by atoms with Crippen LogP contribution < -0.4 is 11.0 Å². The van der Waals surface area contributed by atoms with Crippen LogP contribution in [0.15, 0.2) is 59.4 Å². The van der Waals surface area contributed by atoms with Gasteiger partial charge in [-0.05, 0) is 29.7 Å². The monoisotopic (exact) mass is 337 g/mol. The number of amides is 1. The minimum Gasteiger partial charge on any atom is -0.445 e. The molecule has 3 N–H and O–H groups in total. The Kier molecular flexibility index (Phi) is 5.31. The van der Waals surface area contributed by atoms with E-state index in [0.29, 0.717) is 13.0 Å². The van der Waals surface area contributed by atoms with Gasteiger partial charge in [0.25, 0.3) is 0 Å². The van der Waals surface area contributed by atoms with Gasteiger partial charge in [-0.15, -0.1) is 0 Å². The molecule has 0 aliphatic rings. The second-order valence-electron chi connectivity index (χ2n) is 5.56. The van der Waals surface area contributed by atoms with E-state index >= 15 is 0 Å². The van der Waals surface area contributed by atoms with Crippen molar-refractivity contribution in [1.29, 1.82) is 0 Å². The second-order valence-corrected chi connectivity index (χ2v) is 5.56. The van der Waals surface area contributed by atoms with Crippen LogP contribution in [0.3, 0.4) is 0 Å². The number of carbonyl (C=O) groups is 1. The highest BCUT2D eigenvalue weighted by Crippen LogP contribution is 2.11. The largest absolute Gasteiger partial charge is 0.445 e. The fourth-order valence-corrected chi connectivity index (χ4v) is 2.40. The van der Waals surface area contributed by atoms with Crippen LogP contribution in [0.2, 0.25) is 0 Å². The minimum absolute atomic E-state index is 0.214. The number of alkyl carbamates (subject to hydrolysis) is 1. The lowest BCUT2D eigenvalue weighted by molar-refractivity contribution is 0.140. The van der Waals surface area contributed by atoms with Crippen molar-refractivity contribution in [2.24, 2.45) is 0 Å². The molecule has 6 nitrogen and oxygen atoms in total. The van der Waals surface area contributed by atoms with E-state index < -0.39 is 6.09 Å². The zero-order chi connectivity index (χ0) is 17.5. The second kappa shape index (κ2) is 8.01. The van der Waals surface area contributed by atoms with Crippen molar-refractivity contribution < 1.29 is 9.53 Å². The highest BCUT2D eigenvalue weighted by molar-refractivity contribution is 5.77. The number of fused-ring (bicyclic) bond motifs is 1. The molecule has 0 saturated carbocycles. The normalized spacial score (nSPS) is 11.0. The van der Waals surface area contributed by atoms with Crippen molar-refractivity contribution in [3.05, 3.63) is 76.2 Å². The van der Waals surface area contributed by atoms with Gasteiger partial charge in [0.05, 0.1) is 11.0 Å². The Balaban J connectivity index is 1.40. The zero-order valence-corrected chi connectivity index (χ0v) is 13.6. The molecule has 0 saturated heterocycles. The number of hydrogen-bond donors (Lipinski definition) is 3. The van der Waals surface area contributed by atoms with Crippen LogP contribution in [0.1, 0.15) is 17.5 Å². The summed E-state index contributed by atoms with van der Waals surface area (Å²) < 4.78 is 5.13. The first kappa shape index (κ1) is 16.6. The highest BCUT2D eigenvalue weighted by atomic mass is 16.5. The van der Waals surface area contributed by atoms with Crippen LogP contribution in [0.25, 0.3) is 17.1 Å². The third kappa shape index (κ3) is 4.84. The number of rotatable bonds is 6. The zero-order valence-electron chi connectivity index (χ0n) is 13.6. The standard InChI is InChI=1S/C19H19N3O3/c23-18-21-16-10-9-14(12-17(16)22-18)6-4-5-11-20-19(24)25-13-15-7-2-1-3-8-15/h1-4,6-10,12H,5,11,13H2,(H,20,24)(H2,21,22,23). The number of benzene rings is 2. The molecule has 0 bridgehead atoms. The first-order valence-electron chi connectivity index (χ1n) is 8.04. The van der Waals surface area contributed by atoms with Crippen molar-refractivity contribution in [3.8, 4) is 0 Å². The molecule has 0 fully saturated rings. The Morgan fingerprint density at radius 2 is 1.88 bits per heavy atom. The van der Waals surface area contributed by atoms with Crippen molar-refractivity contribution in [3.63, 3.8) is 0 Å². The van der Waals surface area contributed by atoms with E-state index in [1.807, 2.05) is 60.7 Å². The number of H-pyrrole nitrogens is 2. The van der Waals surface area contributed by atoms with E-state index in [-0.39, 0.29) is 12.3 Å². The molecule has 0 radical (unpaired) electrons. The number of imidazole rings is 1. The third-order valence-corrected chi connectivity index (χ3v) is 3.64. The lowest BCUT2D eigenvalue weighted by Crippen LogP contribution is -2.24. The number of nitrogens with one attached hydrogen (secondary N) is 3. The van der Waals surface area contributed by atoms with Gasteiger partial charge >= 0.3 is 11.8 Å². The molecule has 1 amide bonds. The molecule has 3 aromatic rings. The number of aromatic amines is 2. The lowest BCUT2D eigenvalue weighted by atomic mass is 10.2. The molecule has 0 unspecified atom stereocenters. The summed E-state index contributed by atoms with van der Waals surface area (Å²) in [7, 11) is 0. The highest BCUT2D eigenvalue weighted by Gasteiger charge is 2.01. The number of carbonyl (C=O) groups excluding carboxylic acids is 1. The number of hydrogen-bond acceptors (Lipinski definition) is 3. The van der Waals surface area contributed by atoms with Crippen LogP contribution in [-0.4, -0.2) is 22.6 Å². The first-order chi connectivity index (χ1) is 12.2. The molecule has 0 aliphatic carbocycles. The van der Waals surface area contributed by atoms with Crippen molar-refractivity contribution in [2.75, 3.05) is 6.54 Å². The summed E-state index contributed by atoms with van der Waals surface area (Å²) in [5.41, 5.74) is 3.28. The molecule has 1 aromatic heterocycles. The summed E-state index contributed by atoms with van der Waals surface area (Å²) >= 11 is 0. The van der Waals surface area contributed by atoms with Crippen LogP contribution in [0, 0.1) is 0 Å². The predicted molar refractivity (Wildman–Crippen MR) is 97.2 cm³/mol. The SMILES string of the molecule is O=C(NCCC=Cc1ccc2[nH]c(=O)[nH]c2c1)OCc1ccccc1. The molecule has 0 atom stereocenters. The minimum atomic E-state index is -0.427. The molecule has 6 heteroatoms. The van der Waals surface area contributed by atoms with Gasteiger partial charge < -0.3 is 20.0 Å². The molecule has 3 rings (SSSR count). The van der Waals surface area contributed by atoms with Gasteiger partial charge in [-0.2, -0.15) is 0 Å². The van der Waals surface area contributed by atoms with Gasteiger partial charge in [0.15, 0.2) is 0 Å². The molecular formula is C19H19N3O3. The van der Waals surface area contributed by atoms with E-state index in [4.69, 9.17) is 4.74 Å². The van der Waals surface area contributed by atoms with Crippen LogP contribution in [0.4, 0.5) is 4.79 Å². The first-order valence-corrected chi connectivity index (χ1v) is 8.04. The van der Waals surface area contributed by atoms with E-state index in [2.05, 4.69) is 15.3 Å². The summed E-state index contributed by atoms with van der Waals surface area (Å²) in [5, 5.41) is 2.71. The van der Waals surface area contributed by atoms with Crippen molar-refractivity contribution in [2.45, 2.75) is 13.0 Å². The van der Waals surface area contributed by atoms with E-state index in [1.165, 1.54) is 0 Å². The Labute approximate surface area is 144 Å². The smallest absolute Gasteiger partial charge is 0.407 e. The summed E-state index contributed by atoms with van der Waals surface area (Å²) in [6, 6.07) is 15.2. The summed E-state index contributed by atoms with van der Waals surface area (Å²) in [6.45, 7) is 0.755. The summed E-state index contributed by atoms with van der Waals surface area (Å²) in [6.07, 6.45) is 4.16. The Morgan fingerprint density at radius 1 is 1.08 bits per heavy atom. The van der Waals surface area contributed by atoms with Crippen molar-refractivity contribution >= 4 is 23.2 Å². The molecule has 1 heterocycles. The molecule has 2 aromatic carbocycles. The van der Waals surface area contributed by atoms with Gasteiger partial charge in [0, 0.05) is 6.54 Å². The van der Waals surface area contributed by atoms with Crippen molar-refractivity contribution in [1.82, 2.24) is 15.3 Å².